The summed E-state index contributed by atoms with van der Waals surface area (Å²) in [6, 6.07) is 0. The molecule has 0 aromatic heterocycles. The highest BCUT2D eigenvalue weighted by Crippen LogP contribution is 2.13. The average molecular weight is 161 g/mol. The summed E-state index contributed by atoms with van der Waals surface area (Å²) in [5.74, 6) is -0.532. The molecule has 0 aromatic rings. The molecule has 0 radical (unpaired) electrons. The van der Waals surface area contributed by atoms with Crippen LogP contribution >= 0.6 is 11.6 Å². The van der Waals surface area contributed by atoms with E-state index >= 15 is 0 Å². The normalized spacial score (nSPS) is 18.9. The Morgan fingerprint density at radius 2 is 2.40 bits per heavy atom. The molecule has 0 spiro atoms. The summed E-state index contributed by atoms with van der Waals surface area (Å²) in [6.45, 7) is 1.90. The van der Waals surface area contributed by atoms with Gasteiger partial charge < -0.3 is 0 Å². The zero-order valence-electron chi connectivity index (χ0n) is 5.43. The SMILES string of the molecule is CC1=C(F)C(Cl)=NCC=N1. The van der Waals surface area contributed by atoms with Crippen LogP contribution in [-0.2, 0) is 0 Å². The first kappa shape index (κ1) is 7.41. The Hall–Kier alpha value is -0.700. The van der Waals surface area contributed by atoms with Gasteiger partial charge in [-0.15, -0.1) is 0 Å². The van der Waals surface area contributed by atoms with Crippen molar-refractivity contribution >= 4 is 23.0 Å². The Bertz CT molecular complexity index is 230. The highest BCUT2D eigenvalue weighted by Gasteiger charge is 2.07. The second-order valence-corrected chi connectivity index (χ2v) is 2.20. The lowest BCUT2D eigenvalue weighted by atomic mass is 10.4. The molecule has 1 heterocycles. The molecular formula is C6H6ClFN2. The number of nitrogens with zero attached hydrogens (tertiary/aromatic N) is 2. The van der Waals surface area contributed by atoms with Gasteiger partial charge >= 0.3 is 0 Å². The van der Waals surface area contributed by atoms with Gasteiger partial charge in [-0.2, -0.15) is 0 Å². The predicted molar refractivity (Wildman–Crippen MR) is 40.5 cm³/mol. The van der Waals surface area contributed by atoms with E-state index in [1.165, 1.54) is 6.21 Å². The number of hydrogen-bond donors (Lipinski definition) is 0. The van der Waals surface area contributed by atoms with E-state index in [9.17, 15) is 4.39 Å². The maximum Gasteiger partial charge on any atom is 0.181 e. The lowest BCUT2D eigenvalue weighted by Gasteiger charge is -1.91. The molecule has 0 amide bonds. The van der Waals surface area contributed by atoms with Crippen LogP contribution in [0.1, 0.15) is 6.92 Å². The topological polar surface area (TPSA) is 24.7 Å². The van der Waals surface area contributed by atoms with E-state index in [1.54, 1.807) is 6.92 Å². The summed E-state index contributed by atoms with van der Waals surface area (Å²) < 4.78 is 12.7. The van der Waals surface area contributed by atoms with Crippen LogP contribution in [0.3, 0.4) is 0 Å². The van der Waals surface area contributed by atoms with E-state index in [0.717, 1.165) is 0 Å². The number of hydrogen-bond acceptors (Lipinski definition) is 2. The Balaban J connectivity index is 3.02. The van der Waals surface area contributed by atoms with Crippen molar-refractivity contribution in [3.05, 3.63) is 11.5 Å². The minimum atomic E-state index is -0.532. The van der Waals surface area contributed by atoms with Crippen LogP contribution in [0.25, 0.3) is 0 Å². The lowest BCUT2D eigenvalue weighted by Crippen LogP contribution is -1.89. The smallest absolute Gasteiger partial charge is 0.181 e. The molecule has 0 N–H and O–H groups in total. The fraction of sp³-hybridized carbons (Fsp3) is 0.333. The van der Waals surface area contributed by atoms with Crippen molar-refractivity contribution in [3.63, 3.8) is 0 Å². The van der Waals surface area contributed by atoms with E-state index in [-0.39, 0.29) is 10.9 Å². The Labute approximate surface area is 63.1 Å². The Kier molecular flexibility index (Phi) is 2.17. The molecule has 0 unspecified atom stereocenters. The second-order valence-electron chi connectivity index (χ2n) is 1.84. The molecule has 1 aliphatic heterocycles. The Morgan fingerprint density at radius 3 is 3.10 bits per heavy atom. The van der Waals surface area contributed by atoms with Gasteiger partial charge in [0.1, 0.15) is 0 Å². The van der Waals surface area contributed by atoms with E-state index in [1.807, 2.05) is 0 Å². The van der Waals surface area contributed by atoms with Gasteiger partial charge in [0.2, 0.25) is 0 Å². The van der Waals surface area contributed by atoms with E-state index in [0.29, 0.717) is 6.54 Å². The highest BCUT2D eigenvalue weighted by molar-refractivity contribution is 6.69. The third-order valence-corrected chi connectivity index (χ3v) is 1.38. The van der Waals surface area contributed by atoms with Gasteiger partial charge in [0.25, 0.3) is 0 Å². The maximum atomic E-state index is 12.7. The molecule has 54 valence electrons. The van der Waals surface area contributed by atoms with Crippen molar-refractivity contribution in [1.82, 2.24) is 0 Å². The predicted octanol–water partition coefficient (Wildman–Crippen LogP) is 1.91. The van der Waals surface area contributed by atoms with Crippen LogP contribution in [0, 0.1) is 0 Å². The van der Waals surface area contributed by atoms with Crippen molar-refractivity contribution < 1.29 is 4.39 Å². The molecular weight excluding hydrogens is 155 g/mol. The van der Waals surface area contributed by atoms with Crippen molar-refractivity contribution in [2.24, 2.45) is 9.98 Å². The molecule has 0 bridgehead atoms. The van der Waals surface area contributed by atoms with Crippen LogP contribution in [0.15, 0.2) is 21.5 Å². The van der Waals surface area contributed by atoms with Crippen LogP contribution in [0.2, 0.25) is 0 Å². The van der Waals surface area contributed by atoms with Gasteiger partial charge in [0.15, 0.2) is 11.0 Å². The molecule has 0 aromatic carbocycles. The van der Waals surface area contributed by atoms with E-state index in [2.05, 4.69) is 9.98 Å². The molecule has 0 fully saturated rings. The van der Waals surface area contributed by atoms with Gasteiger partial charge in [-0.3, -0.25) is 9.98 Å². The summed E-state index contributed by atoms with van der Waals surface area (Å²) in [5.41, 5.74) is 0.284. The average Bonchev–Trinajstić information content (AvgIpc) is 2.04. The fourth-order valence-electron chi connectivity index (χ4n) is 0.574. The van der Waals surface area contributed by atoms with Gasteiger partial charge in [-0.25, -0.2) is 4.39 Å². The molecule has 4 heteroatoms. The first-order valence-electron chi connectivity index (χ1n) is 2.81. The van der Waals surface area contributed by atoms with E-state index in [4.69, 9.17) is 11.6 Å². The third kappa shape index (κ3) is 1.42. The van der Waals surface area contributed by atoms with Crippen molar-refractivity contribution in [3.8, 4) is 0 Å². The largest absolute Gasteiger partial charge is 0.265 e. The number of halogens is 2. The van der Waals surface area contributed by atoms with Crippen molar-refractivity contribution in [2.75, 3.05) is 6.54 Å². The number of rotatable bonds is 0. The molecule has 2 nitrogen and oxygen atoms in total. The van der Waals surface area contributed by atoms with Gasteiger partial charge in [0.05, 0.1) is 12.2 Å². The zero-order valence-corrected chi connectivity index (χ0v) is 6.19. The molecule has 1 aliphatic rings. The summed E-state index contributed by atoms with van der Waals surface area (Å²) in [6.07, 6.45) is 1.52. The minimum Gasteiger partial charge on any atom is -0.265 e. The summed E-state index contributed by atoms with van der Waals surface area (Å²) >= 11 is 5.40. The summed E-state index contributed by atoms with van der Waals surface area (Å²) in [5, 5.41) is -0.0880. The molecule has 0 saturated heterocycles. The van der Waals surface area contributed by atoms with E-state index < -0.39 is 5.83 Å². The standard InChI is InChI=1S/C6H6ClFN2/c1-4-5(8)6(7)10-3-2-9-4/h2H,3H2,1H3. The molecule has 1 rings (SSSR count). The summed E-state index contributed by atoms with van der Waals surface area (Å²) in [4.78, 5) is 7.39. The fourth-order valence-corrected chi connectivity index (χ4v) is 0.780. The van der Waals surface area contributed by atoms with Gasteiger partial charge in [-0.05, 0) is 6.92 Å². The second kappa shape index (κ2) is 2.92. The molecule has 0 aliphatic carbocycles. The Morgan fingerprint density at radius 1 is 1.70 bits per heavy atom. The number of allylic oxidation sites excluding steroid dienone is 2. The first-order chi connectivity index (χ1) is 4.72. The number of aliphatic imine (C=N–C) groups is 2. The van der Waals surface area contributed by atoms with Crippen molar-refractivity contribution in [2.45, 2.75) is 6.92 Å². The van der Waals surface area contributed by atoms with Gasteiger partial charge in [-0.1, -0.05) is 11.6 Å². The van der Waals surface area contributed by atoms with Crippen molar-refractivity contribution in [1.29, 1.82) is 0 Å². The maximum absolute atomic E-state index is 12.7. The lowest BCUT2D eigenvalue weighted by molar-refractivity contribution is 0.670. The molecule has 10 heavy (non-hydrogen) atoms. The zero-order chi connectivity index (χ0) is 7.56. The first-order valence-corrected chi connectivity index (χ1v) is 3.19. The molecule has 0 saturated carbocycles. The molecule has 0 atom stereocenters. The highest BCUT2D eigenvalue weighted by atomic mass is 35.5. The third-order valence-electron chi connectivity index (χ3n) is 1.10. The van der Waals surface area contributed by atoms with Crippen LogP contribution in [0.5, 0.6) is 0 Å². The van der Waals surface area contributed by atoms with Gasteiger partial charge in [0, 0.05) is 6.21 Å². The van der Waals surface area contributed by atoms with Crippen LogP contribution in [0.4, 0.5) is 4.39 Å². The summed E-state index contributed by atoms with van der Waals surface area (Å²) in [7, 11) is 0. The minimum absolute atomic E-state index is 0.0880. The van der Waals surface area contributed by atoms with Crippen LogP contribution in [-0.4, -0.2) is 17.9 Å². The quantitative estimate of drug-likeness (QED) is 0.517. The van der Waals surface area contributed by atoms with Crippen LogP contribution < -0.4 is 0 Å². The monoisotopic (exact) mass is 160 g/mol.